The lowest BCUT2D eigenvalue weighted by Crippen LogP contribution is -2.45. The van der Waals surface area contributed by atoms with Crippen molar-refractivity contribution in [2.45, 2.75) is 77.4 Å². The van der Waals surface area contributed by atoms with E-state index in [0.717, 1.165) is 32.1 Å². The SMILES string of the molecule is CCOC1(C(=O)Nc2ccc(OC(C)CC)c(C(=O)OC)c2)CCCCCC1. The highest BCUT2D eigenvalue weighted by Gasteiger charge is 2.39. The molecular formula is C22H33NO5. The number of ether oxygens (including phenoxy) is 3. The van der Waals surface area contributed by atoms with Crippen LogP contribution in [0.25, 0.3) is 0 Å². The lowest BCUT2D eigenvalue weighted by atomic mass is 9.92. The van der Waals surface area contributed by atoms with Crippen LogP contribution in [0.1, 0.15) is 76.1 Å². The first-order valence-electron chi connectivity index (χ1n) is 10.3. The zero-order chi connectivity index (χ0) is 20.6. The van der Waals surface area contributed by atoms with Crippen LogP contribution in [0.15, 0.2) is 18.2 Å². The van der Waals surface area contributed by atoms with E-state index in [9.17, 15) is 9.59 Å². The van der Waals surface area contributed by atoms with Gasteiger partial charge in [-0.1, -0.05) is 32.6 Å². The van der Waals surface area contributed by atoms with Gasteiger partial charge < -0.3 is 19.5 Å². The molecule has 0 radical (unpaired) electrons. The van der Waals surface area contributed by atoms with Gasteiger partial charge in [-0.25, -0.2) is 4.79 Å². The van der Waals surface area contributed by atoms with Crippen LogP contribution in [0.3, 0.4) is 0 Å². The van der Waals surface area contributed by atoms with E-state index in [1.807, 2.05) is 20.8 Å². The number of benzene rings is 1. The summed E-state index contributed by atoms with van der Waals surface area (Å²) in [5, 5.41) is 2.95. The van der Waals surface area contributed by atoms with E-state index >= 15 is 0 Å². The van der Waals surface area contributed by atoms with Gasteiger partial charge in [0.15, 0.2) is 0 Å². The highest BCUT2D eigenvalue weighted by molar-refractivity contribution is 5.99. The maximum absolute atomic E-state index is 13.1. The quantitative estimate of drug-likeness (QED) is 0.513. The second-order valence-corrected chi connectivity index (χ2v) is 7.33. The molecule has 1 aliphatic carbocycles. The summed E-state index contributed by atoms with van der Waals surface area (Å²) in [5.74, 6) is -0.195. The summed E-state index contributed by atoms with van der Waals surface area (Å²) in [7, 11) is 1.33. The molecule has 0 saturated heterocycles. The average Bonchev–Trinajstić information content (AvgIpc) is 2.95. The van der Waals surface area contributed by atoms with E-state index < -0.39 is 11.6 Å². The Bertz CT molecular complexity index is 665. The van der Waals surface area contributed by atoms with Gasteiger partial charge in [0.2, 0.25) is 0 Å². The van der Waals surface area contributed by atoms with Crippen LogP contribution >= 0.6 is 0 Å². The Morgan fingerprint density at radius 2 is 1.82 bits per heavy atom. The van der Waals surface area contributed by atoms with Gasteiger partial charge >= 0.3 is 5.97 Å². The second kappa shape index (κ2) is 10.5. The van der Waals surface area contributed by atoms with Crippen molar-refractivity contribution in [3.05, 3.63) is 23.8 Å². The monoisotopic (exact) mass is 391 g/mol. The van der Waals surface area contributed by atoms with E-state index in [1.165, 1.54) is 7.11 Å². The predicted octanol–water partition coefficient (Wildman–Crippen LogP) is 4.72. The first kappa shape index (κ1) is 22.2. The number of amides is 1. The predicted molar refractivity (Wildman–Crippen MR) is 109 cm³/mol. The van der Waals surface area contributed by atoms with Gasteiger partial charge in [-0.05, 0) is 51.3 Å². The Balaban J connectivity index is 2.26. The molecule has 0 spiro atoms. The molecule has 1 atom stereocenters. The first-order chi connectivity index (χ1) is 13.5. The number of methoxy groups -OCH3 is 1. The Kier molecular flexibility index (Phi) is 8.30. The van der Waals surface area contributed by atoms with Crippen LogP contribution in [0, 0.1) is 0 Å². The van der Waals surface area contributed by atoms with Gasteiger partial charge in [-0.2, -0.15) is 0 Å². The normalized spacial score (nSPS) is 17.3. The molecular weight excluding hydrogens is 358 g/mol. The molecule has 1 aromatic rings. The number of esters is 1. The molecule has 1 saturated carbocycles. The largest absolute Gasteiger partial charge is 0.490 e. The summed E-state index contributed by atoms with van der Waals surface area (Å²) < 4.78 is 16.7. The Labute approximate surface area is 167 Å². The third kappa shape index (κ3) is 5.47. The van der Waals surface area contributed by atoms with E-state index in [1.54, 1.807) is 18.2 Å². The summed E-state index contributed by atoms with van der Waals surface area (Å²) >= 11 is 0. The van der Waals surface area contributed by atoms with Crippen molar-refractivity contribution in [1.82, 2.24) is 0 Å². The van der Waals surface area contributed by atoms with E-state index in [0.29, 0.717) is 36.4 Å². The molecule has 2 rings (SSSR count). The minimum Gasteiger partial charge on any atom is -0.490 e. The third-order valence-electron chi connectivity index (χ3n) is 5.29. The molecule has 6 nitrogen and oxygen atoms in total. The fraction of sp³-hybridized carbons (Fsp3) is 0.636. The number of carbonyl (C=O) groups is 2. The Morgan fingerprint density at radius 1 is 1.14 bits per heavy atom. The molecule has 1 unspecified atom stereocenters. The first-order valence-corrected chi connectivity index (χ1v) is 10.3. The summed E-state index contributed by atoms with van der Waals surface area (Å²) in [5.41, 5.74) is 0.0277. The maximum Gasteiger partial charge on any atom is 0.341 e. The molecule has 0 heterocycles. The summed E-state index contributed by atoms with van der Waals surface area (Å²) in [4.78, 5) is 25.3. The number of rotatable bonds is 8. The minimum absolute atomic E-state index is 0.0314. The van der Waals surface area contributed by atoms with Crippen LogP contribution in [-0.2, 0) is 14.3 Å². The molecule has 6 heteroatoms. The van der Waals surface area contributed by atoms with Gasteiger partial charge in [-0.15, -0.1) is 0 Å². The van der Waals surface area contributed by atoms with Crippen molar-refractivity contribution >= 4 is 17.6 Å². The van der Waals surface area contributed by atoms with Crippen molar-refractivity contribution in [1.29, 1.82) is 0 Å². The molecule has 1 amide bonds. The molecule has 28 heavy (non-hydrogen) atoms. The molecule has 0 aromatic heterocycles. The molecule has 0 bridgehead atoms. The van der Waals surface area contributed by atoms with Gasteiger partial charge in [0.1, 0.15) is 16.9 Å². The number of carbonyl (C=O) groups excluding carboxylic acids is 2. The zero-order valence-corrected chi connectivity index (χ0v) is 17.5. The molecule has 0 aliphatic heterocycles. The fourth-order valence-electron chi connectivity index (χ4n) is 3.54. The number of nitrogens with one attached hydrogen (secondary N) is 1. The van der Waals surface area contributed by atoms with E-state index in [2.05, 4.69) is 5.32 Å². The summed E-state index contributed by atoms with van der Waals surface area (Å²) in [6, 6.07) is 5.06. The smallest absolute Gasteiger partial charge is 0.341 e. The topological polar surface area (TPSA) is 73.9 Å². The zero-order valence-electron chi connectivity index (χ0n) is 17.5. The van der Waals surface area contributed by atoms with Gasteiger partial charge in [-0.3, -0.25) is 4.79 Å². The van der Waals surface area contributed by atoms with Crippen molar-refractivity contribution in [3.63, 3.8) is 0 Å². The van der Waals surface area contributed by atoms with Crippen LogP contribution in [0.5, 0.6) is 5.75 Å². The lowest BCUT2D eigenvalue weighted by Gasteiger charge is -2.31. The fourth-order valence-corrected chi connectivity index (χ4v) is 3.54. The van der Waals surface area contributed by atoms with Gasteiger partial charge in [0.05, 0.1) is 13.2 Å². The molecule has 156 valence electrons. The van der Waals surface area contributed by atoms with Crippen molar-refractivity contribution in [2.24, 2.45) is 0 Å². The van der Waals surface area contributed by atoms with Crippen LogP contribution in [0.4, 0.5) is 5.69 Å². The summed E-state index contributed by atoms with van der Waals surface area (Å²) in [6.07, 6.45) is 6.40. The lowest BCUT2D eigenvalue weighted by molar-refractivity contribution is -0.143. The van der Waals surface area contributed by atoms with Gasteiger partial charge in [0.25, 0.3) is 5.91 Å². The molecule has 1 aromatic carbocycles. The number of hydrogen-bond donors (Lipinski definition) is 1. The average molecular weight is 392 g/mol. The van der Waals surface area contributed by atoms with Crippen LogP contribution in [0.2, 0.25) is 0 Å². The highest BCUT2D eigenvalue weighted by atomic mass is 16.5. The second-order valence-electron chi connectivity index (χ2n) is 7.33. The Morgan fingerprint density at radius 3 is 2.39 bits per heavy atom. The van der Waals surface area contributed by atoms with E-state index in [4.69, 9.17) is 14.2 Å². The van der Waals surface area contributed by atoms with Crippen LogP contribution < -0.4 is 10.1 Å². The van der Waals surface area contributed by atoms with Gasteiger partial charge in [0, 0.05) is 12.3 Å². The standard InChI is InChI=1S/C22H33NO5/c1-5-16(3)28-19-12-11-17(15-18(19)20(24)26-4)23-21(25)22(27-6-2)13-9-7-8-10-14-22/h11-12,15-16H,5-10,13-14H2,1-4H3,(H,23,25). The van der Waals surface area contributed by atoms with Crippen molar-refractivity contribution in [2.75, 3.05) is 19.0 Å². The van der Waals surface area contributed by atoms with Crippen molar-refractivity contribution in [3.8, 4) is 5.75 Å². The molecule has 1 fully saturated rings. The minimum atomic E-state index is -0.803. The third-order valence-corrected chi connectivity index (χ3v) is 5.29. The highest BCUT2D eigenvalue weighted by Crippen LogP contribution is 2.33. The van der Waals surface area contributed by atoms with E-state index in [-0.39, 0.29) is 12.0 Å². The maximum atomic E-state index is 13.1. The summed E-state index contributed by atoms with van der Waals surface area (Å²) in [6.45, 7) is 6.35. The number of anilines is 1. The van der Waals surface area contributed by atoms with Crippen molar-refractivity contribution < 1.29 is 23.8 Å². The molecule has 1 N–H and O–H groups in total. The van der Waals surface area contributed by atoms with Crippen LogP contribution in [-0.4, -0.2) is 37.3 Å². The number of hydrogen-bond acceptors (Lipinski definition) is 5. The molecule has 1 aliphatic rings. The Hall–Kier alpha value is -2.08.